The molecule has 2 aromatic carbocycles. The first kappa shape index (κ1) is 14.3. The second kappa shape index (κ2) is 5.73. The van der Waals surface area contributed by atoms with E-state index in [-0.39, 0.29) is 12.4 Å². The fraction of sp³-hybridized carbons (Fsp3) is 0.111. The van der Waals surface area contributed by atoms with Gasteiger partial charge in [0.25, 0.3) is 0 Å². The van der Waals surface area contributed by atoms with E-state index in [0.717, 1.165) is 16.8 Å². The third-order valence-corrected chi connectivity index (χ3v) is 3.88. The Bertz CT molecular complexity index is 886. The van der Waals surface area contributed by atoms with Crippen LogP contribution in [0.25, 0.3) is 5.69 Å². The number of benzene rings is 2. The summed E-state index contributed by atoms with van der Waals surface area (Å²) in [6.07, 6.45) is 4.22. The molecule has 0 spiro atoms. The molecule has 0 atom stereocenters. The average molecular weight is 322 g/mol. The molecule has 2 heterocycles. The summed E-state index contributed by atoms with van der Waals surface area (Å²) < 4.78 is 12.4. The summed E-state index contributed by atoms with van der Waals surface area (Å²) >= 11 is 0. The molecule has 0 aliphatic carbocycles. The van der Waals surface area contributed by atoms with Gasteiger partial charge in [0, 0.05) is 12.4 Å². The van der Waals surface area contributed by atoms with Crippen molar-refractivity contribution < 1.29 is 19.4 Å². The highest BCUT2D eigenvalue weighted by atomic mass is 16.7. The van der Waals surface area contributed by atoms with E-state index in [0.29, 0.717) is 17.9 Å². The van der Waals surface area contributed by atoms with Crippen molar-refractivity contribution in [3.8, 4) is 17.2 Å². The van der Waals surface area contributed by atoms with E-state index < -0.39 is 5.97 Å². The quantitative estimate of drug-likeness (QED) is 0.799. The van der Waals surface area contributed by atoms with E-state index in [1.54, 1.807) is 16.9 Å². The van der Waals surface area contributed by atoms with Gasteiger partial charge >= 0.3 is 5.97 Å². The minimum atomic E-state index is -1.02. The number of fused-ring (bicyclic) bond motifs is 1. The fourth-order valence-electron chi connectivity index (χ4n) is 2.75. The Hall–Kier alpha value is -3.28. The highest BCUT2D eigenvalue weighted by molar-refractivity contribution is 5.92. The maximum atomic E-state index is 11.4. The van der Waals surface area contributed by atoms with Crippen LogP contribution in [-0.4, -0.2) is 27.6 Å². The number of hydrogen-bond acceptors (Lipinski definition) is 4. The van der Waals surface area contributed by atoms with Gasteiger partial charge < -0.3 is 14.6 Å². The van der Waals surface area contributed by atoms with Crippen LogP contribution in [0.2, 0.25) is 0 Å². The third kappa shape index (κ3) is 2.58. The van der Waals surface area contributed by atoms with Crippen LogP contribution in [0.15, 0.2) is 54.9 Å². The highest BCUT2D eigenvalue weighted by Gasteiger charge is 2.23. The Morgan fingerprint density at radius 1 is 1.17 bits per heavy atom. The maximum Gasteiger partial charge on any atom is 0.339 e. The molecule has 1 aromatic heterocycles. The lowest BCUT2D eigenvalue weighted by atomic mass is 10.0. The first-order valence-corrected chi connectivity index (χ1v) is 7.45. The van der Waals surface area contributed by atoms with Crippen LogP contribution in [0.1, 0.15) is 21.5 Å². The molecule has 0 saturated heterocycles. The Labute approximate surface area is 137 Å². The summed E-state index contributed by atoms with van der Waals surface area (Å²) in [5, 5.41) is 13.5. The van der Waals surface area contributed by atoms with Crippen molar-refractivity contribution >= 4 is 5.97 Å². The van der Waals surface area contributed by atoms with E-state index in [2.05, 4.69) is 5.10 Å². The molecule has 1 aliphatic heterocycles. The second-order valence-electron chi connectivity index (χ2n) is 5.48. The van der Waals surface area contributed by atoms with Crippen LogP contribution in [0.5, 0.6) is 11.5 Å². The molecule has 1 aliphatic rings. The van der Waals surface area contributed by atoms with Crippen molar-refractivity contribution in [1.82, 2.24) is 9.78 Å². The zero-order valence-corrected chi connectivity index (χ0v) is 12.7. The first-order chi connectivity index (χ1) is 11.7. The molecule has 3 aromatic rings. The normalized spacial score (nSPS) is 12.3. The number of hydrogen-bond donors (Lipinski definition) is 1. The van der Waals surface area contributed by atoms with Gasteiger partial charge in [-0.15, -0.1) is 0 Å². The number of carboxylic acid groups (broad SMARTS) is 1. The molecule has 0 amide bonds. The minimum Gasteiger partial charge on any atom is -0.478 e. The monoisotopic (exact) mass is 322 g/mol. The summed E-state index contributed by atoms with van der Waals surface area (Å²) in [6, 6.07) is 13.3. The molecule has 24 heavy (non-hydrogen) atoms. The van der Waals surface area contributed by atoms with Crippen LogP contribution in [0.4, 0.5) is 0 Å². The van der Waals surface area contributed by atoms with Crippen molar-refractivity contribution in [2.75, 3.05) is 6.79 Å². The molecule has 0 bridgehead atoms. The standard InChI is InChI=1S/C18H14N2O4/c21-18(22)15-9-13(10-16-17(15)24-11-23-16)8-12-2-4-14(5-3-12)20-7-1-6-19-20/h1-7,9-10H,8,11H2,(H,21,22). The van der Waals surface area contributed by atoms with Gasteiger partial charge in [-0.05, 0) is 47.9 Å². The van der Waals surface area contributed by atoms with Crippen molar-refractivity contribution in [3.05, 3.63) is 71.5 Å². The zero-order valence-electron chi connectivity index (χ0n) is 12.7. The average Bonchev–Trinajstić information content (AvgIpc) is 3.26. The molecule has 1 N–H and O–H groups in total. The van der Waals surface area contributed by atoms with Crippen molar-refractivity contribution in [3.63, 3.8) is 0 Å². The summed E-state index contributed by atoms with van der Waals surface area (Å²) in [4.78, 5) is 11.4. The zero-order chi connectivity index (χ0) is 16.5. The van der Waals surface area contributed by atoms with Gasteiger partial charge in [0.1, 0.15) is 5.56 Å². The SMILES string of the molecule is O=C(O)c1cc(Cc2ccc(-n3cccn3)cc2)cc2c1OCO2. The number of carbonyl (C=O) groups is 1. The molecule has 0 saturated carbocycles. The summed E-state index contributed by atoms with van der Waals surface area (Å²) in [6.45, 7) is 0.0532. The van der Waals surface area contributed by atoms with E-state index in [1.807, 2.05) is 42.6 Å². The van der Waals surface area contributed by atoms with E-state index >= 15 is 0 Å². The number of rotatable bonds is 4. The Kier molecular flexibility index (Phi) is 3.42. The molecular weight excluding hydrogens is 308 g/mol. The predicted molar refractivity (Wildman–Crippen MR) is 85.9 cm³/mol. The number of aromatic carboxylic acids is 1. The summed E-state index contributed by atoms with van der Waals surface area (Å²) in [7, 11) is 0. The number of carboxylic acids is 1. The molecule has 0 unspecified atom stereocenters. The van der Waals surface area contributed by atoms with Crippen LogP contribution < -0.4 is 9.47 Å². The number of ether oxygens (including phenoxy) is 2. The lowest BCUT2D eigenvalue weighted by molar-refractivity contribution is 0.0692. The molecule has 0 radical (unpaired) electrons. The minimum absolute atomic E-state index is 0.0532. The molecule has 120 valence electrons. The van der Waals surface area contributed by atoms with Crippen LogP contribution >= 0.6 is 0 Å². The molecule has 6 nitrogen and oxygen atoms in total. The van der Waals surface area contributed by atoms with Crippen LogP contribution in [-0.2, 0) is 6.42 Å². The maximum absolute atomic E-state index is 11.4. The van der Waals surface area contributed by atoms with Gasteiger partial charge in [0.05, 0.1) is 5.69 Å². The Balaban J connectivity index is 1.61. The molecule has 4 rings (SSSR count). The number of nitrogens with zero attached hydrogens (tertiary/aromatic N) is 2. The van der Waals surface area contributed by atoms with Gasteiger partial charge in [-0.1, -0.05) is 12.1 Å². The Morgan fingerprint density at radius 2 is 2.00 bits per heavy atom. The van der Waals surface area contributed by atoms with Gasteiger partial charge in [-0.2, -0.15) is 5.10 Å². The summed E-state index contributed by atoms with van der Waals surface area (Å²) in [5.41, 5.74) is 3.04. The predicted octanol–water partition coefficient (Wildman–Crippen LogP) is 2.89. The smallest absolute Gasteiger partial charge is 0.339 e. The van der Waals surface area contributed by atoms with Gasteiger partial charge in [-0.3, -0.25) is 0 Å². The number of aromatic nitrogens is 2. The second-order valence-corrected chi connectivity index (χ2v) is 5.48. The third-order valence-electron chi connectivity index (χ3n) is 3.88. The van der Waals surface area contributed by atoms with Crippen molar-refractivity contribution in [1.29, 1.82) is 0 Å². The van der Waals surface area contributed by atoms with Crippen molar-refractivity contribution in [2.24, 2.45) is 0 Å². The van der Waals surface area contributed by atoms with Gasteiger partial charge in [0.15, 0.2) is 11.5 Å². The van der Waals surface area contributed by atoms with E-state index in [4.69, 9.17) is 9.47 Å². The molecule has 6 heteroatoms. The topological polar surface area (TPSA) is 73.6 Å². The van der Waals surface area contributed by atoms with E-state index in [9.17, 15) is 9.90 Å². The van der Waals surface area contributed by atoms with Gasteiger partial charge in [-0.25, -0.2) is 9.48 Å². The van der Waals surface area contributed by atoms with Crippen LogP contribution in [0.3, 0.4) is 0 Å². The van der Waals surface area contributed by atoms with Crippen molar-refractivity contribution in [2.45, 2.75) is 6.42 Å². The Morgan fingerprint density at radius 3 is 2.71 bits per heavy atom. The van der Waals surface area contributed by atoms with Crippen LogP contribution in [0, 0.1) is 0 Å². The van der Waals surface area contributed by atoms with E-state index in [1.165, 1.54) is 0 Å². The lowest BCUT2D eigenvalue weighted by Crippen LogP contribution is -2.01. The molecular formula is C18H14N2O4. The lowest BCUT2D eigenvalue weighted by Gasteiger charge is -2.08. The van der Waals surface area contributed by atoms with Gasteiger partial charge in [0.2, 0.25) is 6.79 Å². The fourth-order valence-corrected chi connectivity index (χ4v) is 2.75. The summed E-state index contributed by atoms with van der Waals surface area (Å²) in [5.74, 6) is -0.231. The highest BCUT2D eigenvalue weighted by Crippen LogP contribution is 2.37. The largest absolute Gasteiger partial charge is 0.478 e. The molecule has 0 fully saturated rings. The first-order valence-electron chi connectivity index (χ1n) is 7.45.